The summed E-state index contributed by atoms with van der Waals surface area (Å²) in [4.78, 5) is 12.7. The molecule has 0 spiro atoms. The quantitative estimate of drug-likeness (QED) is 0.919. The van der Waals surface area contributed by atoms with Crippen LogP contribution in [0, 0.1) is 11.3 Å². The van der Waals surface area contributed by atoms with Crippen LogP contribution in [0.3, 0.4) is 0 Å². The first-order valence-corrected chi connectivity index (χ1v) is 10.1. The fourth-order valence-electron chi connectivity index (χ4n) is 3.46. The summed E-state index contributed by atoms with van der Waals surface area (Å²) >= 11 is 0. The van der Waals surface area contributed by atoms with Gasteiger partial charge < -0.3 is 5.32 Å². The molecule has 128 valence electrons. The molecule has 0 saturated heterocycles. The summed E-state index contributed by atoms with van der Waals surface area (Å²) in [5, 5.41) is 3.14. The third-order valence-corrected chi connectivity index (χ3v) is 5.83. The van der Waals surface area contributed by atoms with E-state index < -0.39 is 9.84 Å². The number of carbonyl (C=O) groups is 1. The summed E-state index contributed by atoms with van der Waals surface area (Å²) in [6.45, 7) is 6.64. The van der Waals surface area contributed by atoms with Crippen molar-refractivity contribution >= 4 is 15.7 Å². The Labute approximate surface area is 139 Å². The fourth-order valence-corrected chi connectivity index (χ4v) is 4.13. The Hall–Kier alpha value is -1.36. The third-order valence-electron chi connectivity index (χ3n) is 4.72. The van der Waals surface area contributed by atoms with Gasteiger partial charge in [-0.15, -0.1) is 0 Å². The highest BCUT2D eigenvalue weighted by atomic mass is 32.2. The minimum absolute atomic E-state index is 0.146. The Morgan fingerprint density at radius 3 is 2.43 bits per heavy atom. The number of sulfone groups is 1. The lowest BCUT2D eigenvalue weighted by Crippen LogP contribution is -2.46. The van der Waals surface area contributed by atoms with Crippen molar-refractivity contribution in [2.75, 3.05) is 6.26 Å². The molecule has 0 bridgehead atoms. The molecule has 0 aliphatic heterocycles. The van der Waals surface area contributed by atoms with Gasteiger partial charge in [0.1, 0.15) is 0 Å². The number of hydrogen-bond donors (Lipinski definition) is 1. The molecule has 1 aromatic carbocycles. The smallest absolute Gasteiger partial charge is 0.251 e. The second-order valence-electron chi connectivity index (χ2n) is 7.64. The van der Waals surface area contributed by atoms with Crippen LogP contribution in [0.5, 0.6) is 0 Å². The molecule has 1 amide bonds. The second-order valence-corrected chi connectivity index (χ2v) is 9.65. The molecular formula is C18H27NO3S. The molecule has 2 rings (SSSR count). The number of amides is 1. The molecule has 1 aromatic rings. The largest absolute Gasteiger partial charge is 0.349 e. The molecule has 1 aliphatic rings. The Bertz CT molecular complexity index is 674. The van der Waals surface area contributed by atoms with E-state index in [1.54, 1.807) is 12.1 Å². The number of carbonyl (C=O) groups excluding carboxylic acids is 1. The van der Waals surface area contributed by atoms with Crippen molar-refractivity contribution in [3.05, 3.63) is 29.8 Å². The van der Waals surface area contributed by atoms with Crippen molar-refractivity contribution in [1.29, 1.82) is 0 Å². The fraction of sp³-hybridized carbons (Fsp3) is 0.611. The van der Waals surface area contributed by atoms with Crippen LogP contribution in [0.15, 0.2) is 29.2 Å². The molecule has 0 heterocycles. The molecule has 4 nitrogen and oxygen atoms in total. The predicted molar refractivity (Wildman–Crippen MR) is 92.2 cm³/mol. The third kappa shape index (κ3) is 4.56. The minimum Gasteiger partial charge on any atom is -0.349 e. The summed E-state index contributed by atoms with van der Waals surface area (Å²) in [5.74, 6) is 0.259. The van der Waals surface area contributed by atoms with E-state index in [-0.39, 0.29) is 22.3 Å². The number of rotatable bonds is 3. The maximum atomic E-state index is 12.6. The lowest BCUT2D eigenvalue weighted by Gasteiger charge is -2.40. The van der Waals surface area contributed by atoms with Gasteiger partial charge in [-0.05, 0) is 42.4 Å². The van der Waals surface area contributed by atoms with Crippen molar-refractivity contribution in [2.45, 2.75) is 57.4 Å². The highest BCUT2D eigenvalue weighted by Gasteiger charge is 2.35. The average molecular weight is 337 g/mol. The van der Waals surface area contributed by atoms with Crippen LogP contribution in [-0.2, 0) is 9.84 Å². The summed E-state index contributed by atoms with van der Waals surface area (Å²) in [6.07, 6.45) is 5.59. The van der Waals surface area contributed by atoms with E-state index in [0.29, 0.717) is 11.5 Å². The van der Waals surface area contributed by atoms with Crippen molar-refractivity contribution in [1.82, 2.24) is 5.32 Å². The van der Waals surface area contributed by atoms with Crippen LogP contribution in [0.2, 0.25) is 0 Å². The normalized spacial score (nSPS) is 22.6. The molecule has 1 N–H and O–H groups in total. The van der Waals surface area contributed by atoms with E-state index >= 15 is 0 Å². The van der Waals surface area contributed by atoms with E-state index in [0.717, 1.165) is 25.5 Å². The molecular weight excluding hydrogens is 310 g/mol. The summed E-state index contributed by atoms with van der Waals surface area (Å²) in [7, 11) is -3.31. The van der Waals surface area contributed by atoms with Crippen LogP contribution in [-0.4, -0.2) is 26.6 Å². The van der Waals surface area contributed by atoms with Gasteiger partial charge in [-0.25, -0.2) is 8.42 Å². The number of hydrogen-bond acceptors (Lipinski definition) is 3. The van der Waals surface area contributed by atoms with Gasteiger partial charge in [-0.2, -0.15) is 0 Å². The molecule has 5 heteroatoms. The van der Waals surface area contributed by atoms with Crippen LogP contribution in [0.1, 0.15) is 56.8 Å². The van der Waals surface area contributed by atoms with Gasteiger partial charge in [-0.3, -0.25) is 4.79 Å². The van der Waals surface area contributed by atoms with E-state index in [1.807, 2.05) is 0 Å². The maximum Gasteiger partial charge on any atom is 0.251 e. The molecule has 0 radical (unpaired) electrons. The zero-order chi connectivity index (χ0) is 17.3. The first-order valence-electron chi connectivity index (χ1n) is 8.20. The highest BCUT2D eigenvalue weighted by molar-refractivity contribution is 7.90. The van der Waals surface area contributed by atoms with Crippen molar-refractivity contribution in [3.63, 3.8) is 0 Å². The average Bonchev–Trinajstić information content (AvgIpc) is 2.46. The van der Waals surface area contributed by atoms with Gasteiger partial charge in [0.15, 0.2) is 9.84 Å². The standard InChI is InChI=1S/C18H27NO3S/c1-18(2,3)15-10-5-6-11-16(15)19-17(20)13-8-7-9-14(12-13)23(4,21)22/h7-9,12,15-16H,5-6,10-11H2,1-4H3,(H,19,20)/t15-,16+/m0/s1. The second kappa shape index (κ2) is 6.63. The van der Waals surface area contributed by atoms with E-state index in [4.69, 9.17) is 0 Å². The Kier molecular flexibility index (Phi) is 5.19. The van der Waals surface area contributed by atoms with Crippen molar-refractivity contribution < 1.29 is 13.2 Å². The summed E-state index contributed by atoms with van der Waals surface area (Å²) < 4.78 is 23.3. The molecule has 0 aromatic heterocycles. The van der Waals surface area contributed by atoms with Crippen LogP contribution in [0.25, 0.3) is 0 Å². The summed E-state index contributed by atoms with van der Waals surface area (Å²) in [5.41, 5.74) is 0.554. The molecule has 23 heavy (non-hydrogen) atoms. The zero-order valence-electron chi connectivity index (χ0n) is 14.4. The van der Waals surface area contributed by atoms with Gasteiger partial charge in [0.2, 0.25) is 0 Å². The number of nitrogens with one attached hydrogen (secondary N) is 1. The van der Waals surface area contributed by atoms with Crippen LogP contribution in [0.4, 0.5) is 0 Å². The zero-order valence-corrected chi connectivity index (χ0v) is 15.2. The molecule has 1 fully saturated rings. The monoisotopic (exact) mass is 337 g/mol. The first kappa shape index (κ1) is 18.0. The van der Waals surface area contributed by atoms with Gasteiger partial charge in [0, 0.05) is 17.9 Å². The van der Waals surface area contributed by atoms with Crippen LogP contribution >= 0.6 is 0 Å². The topological polar surface area (TPSA) is 63.2 Å². The number of benzene rings is 1. The van der Waals surface area contributed by atoms with Gasteiger partial charge in [0.25, 0.3) is 5.91 Å². The van der Waals surface area contributed by atoms with Crippen LogP contribution < -0.4 is 5.32 Å². The van der Waals surface area contributed by atoms with Crippen molar-refractivity contribution in [3.8, 4) is 0 Å². The van der Waals surface area contributed by atoms with Gasteiger partial charge >= 0.3 is 0 Å². The molecule has 1 saturated carbocycles. The first-order chi connectivity index (χ1) is 10.6. The van der Waals surface area contributed by atoms with E-state index in [9.17, 15) is 13.2 Å². The summed E-state index contributed by atoms with van der Waals surface area (Å²) in [6, 6.07) is 6.41. The molecule has 1 aliphatic carbocycles. The van der Waals surface area contributed by atoms with E-state index in [2.05, 4.69) is 26.1 Å². The van der Waals surface area contributed by atoms with Crippen molar-refractivity contribution in [2.24, 2.45) is 11.3 Å². The Morgan fingerprint density at radius 2 is 1.83 bits per heavy atom. The SMILES string of the molecule is CC(C)(C)[C@H]1CCCC[C@H]1NC(=O)c1cccc(S(C)(=O)=O)c1. The lowest BCUT2D eigenvalue weighted by atomic mass is 9.69. The van der Waals surface area contributed by atoms with Gasteiger partial charge in [-0.1, -0.05) is 39.7 Å². The minimum atomic E-state index is -3.31. The predicted octanol–water partition coefficient (Wildman–Crippen LogP) is 3.42. The lowest BCUT2D eigenvalue weighted by molar-refractivity contribution is 0.0830. The Morgan fingerprint density at radius 1 is 1.17 bits per heavy atom. The molecule has 2 atom stereocenters. The maximum absolute atomic E-state index is 12.6. The Balaban J connectivity index is 2.18. The van der Waals surface area contributed by atoms with E-state index in [1.165, 1.54) is 18.6 Å². The van der Waals surface area contributed by atoms with Gasteiger partial charge in [0.05, 0.1) is 4.90 Å². The highest BCUT2D eigenvalue weighted by Crippen LogP contribution is 2.38. The molecule has 0 unspecified atom stereocenters.